The van der Waals surface area contributed by atoms with Crippen molar-refractivity contribution < 1.29 is 9.59 Å². The highest BCUT2D eigenvalue weighted by Gasteiger charge is 2.55. The van der Waals surface area contributed by atoms with Gasteiger partial charge in [0.05, 0.1) is 17.3 Å². The minimum Gasteiger partial charge on any atom is -0.271 e. The van der Waals surface area contributed by atoms with Crippen LogP contribution in [0.2, 0.25) is 5.02 Å². The number of amides is 2. The molecule has 0 saturated carbocycles. The first-order chi connectivity index (χ1) is 12.9. The average Bonchev–Trinajstić information content (AvgIpc) is 3.12. The number of halogens is 1. The van der Waals surface area contributed by atoms with E-state index >= 15 is 0 Å². The number of hydrogen-bond donors (Lipinski definition) is 0. The van der Waals surface area contributed by atoms with Gasteiger partial charge in [-0.25, -0.2) is 4.90 Å². The first-order valence-corrected chi connectivity index (χ1v) is 9.12. The summed E-state index contributed by atoms with van der Waals surface area (Å²) < 4.78 is 0. The van der Waals surface area contributed by atoms with E-state index in [0.29, 0.717) is 17.3 Å². The lowest BCUT2D eigenvalue weighted by Crippen LogP contribution is -2.39. The fraction of sp³-hybridized carbons (Fsp3) is 0.300. The summed E-state index contributed by atoms with van der Waals surface area (Å²) in [6.45, 7) is 6.56. The molecule has 2 heterocycles. The summed E-state index contributed by atoms with van der Waals surface area (Å²) in [5.74, 6) is -0.729. The molecule has 2 aliphatic rings. The molecule has 2 aromatic rings. The SMILES string of the molecule is Cc1cc(C)c(CN2N=N[C@H]3C(=O)N(c4ccccc4Cl)C(=O)[C@H]32)c(C)c1. The van der Waals surface area contributed by atoms with E-state index in [1.807, 2.05) is 13.8 Å². The van der Waals surface area contributed by atoms with Gasteiger partial charge in [-0.3, -0.25) is 14.6 Å². The zero-order valence-corrected chi connectivity index (χ0v) is 16.1. The van der Waals surface area contributed by atoms with Crippen molar-refractivity contribution in [3.8, 4) is 0 Å². The van der Waals surface area contributed by atoms with Crippen molar-refractivity contribution in [2.24, 2.45) is 10.3 Å². The predicted molar refractivity (Wildman–Crippen MR) is 103 cm³/mol. The summed E-state index contributed by atoms with van der Waals surface area (Å²) in [5, 5.41) is 10.2. The van der Waals surface area contributed by atoms with Gasteiger partial charge >= 0.3 is 0 Å². The summed E-state index contributed by atoms with van der Waals surface area (Å²) in [5.41, 5.74) is 4.93. The molecule has 4 rings (SSSR count). The van der Waals surface area contributed by atoms with Crippen LogP contribution in [0, 0.1) is 20.8 Å². The molecule has 0 aliphatic carbocycles. The summed E-state index contributed by atoms with van der Waals surface area (Å²) in [6, 6.07) is 9.48. The fourth-order valence-electron chi connectivity index (χ4n) is 3.85. The van der Waals surface area contributed by atoms with Crippen LogP contribution in [0.25, 0.3) is 0 Å². The minimum absolute atomic E-state index is 0.342. The van der Waals surface area contributed by atoms with E-state index in [9.17, 15) is 9.59 Å². The van der Waals surface area contributed by atoms with Gasteiger partial charge in [-0.15, -0.1) is 0 Å². The monoisotopic (exact) mass is 382 g/mol. The molecular formula is C20H19ClN4O2. The standard InChI is InChI=1S/C20H19ClN4O2/c1-11-8-12(2)14(13(3)9-11)10-24-18-17(22-23-24)19(26)25(20(18)27)16-7-5-4-6-15(16)21/h4-9,17-18H,10H2,1-3H3/t17-,18+/m1/s1. The Labute approximate surface area is 162 Å². The van der Waals surface area contributed by atoms with Gasteiger partial charge in [0, 0.05) is 0 Å². The van der Waals surface area contributed by atoms with Gasteiger partial charge in [-0.2, -0.15) is 5.11 Å². The number of rotatable bonds is 3. The highest BCUT2D eigenvalue weighted by Crippen LogP contribution is 2.36. The lowest BCUT2D eigenvalue weighted by molar-refractivity contribution is -0.123. The van der Waals surface area contributed by atoms with Crippen molar-refractivity contribution >= 4 is 29.1 Å². The second-order valence-electron chi connectivity index (χ2n) is 7.03. The van der Waals surface area contributed by atoms with Crippen LogP contribution >= 0.6 is 11.6 Å². The largest absolute Gasteiger partial charge is 0.271 e. The number of nitrogens with zero attached hydrogens (tertiary/aromatic N) is 4. The van der Waals surface area contributed by atoms with Crippen LogP contribution in [-0.4, -0.2) is 28.9 Å². The molecule has 1 saturated heterocycles. The van der Waals surface area contributed by atoms with E-state index < -0.39 is 12.1 Å². The highest BCUT2D eigenvalue weighted by molar-refractivity contribution is 6.36. The third kappa shape index (κ3) is 2.80. The Morgan fingerprint density at radius 3 is 2.37 bits per heavy atom. The number of anilines is 1. The van der Waals surface area contributed by atoms with E-state index in [4.69, 9.17) is 11.6 Å². The Morgan fingerprint density at radius 2 is 1.70 bits per heavy atom. The molecule has 0 N–H and O–H groups in total. The third-order valence-electron chi connectivity index (χ3n) is 5.11. The van der Waals surface area contributed by atoms with Crippen LogP contribution in [0.1, 0.15) is 22.3 Å². The van der Waals surface area contributed by atoms with Crippen molar-refractivity contribution in [3.05, 3.63) is 63.7 Å². The van der Waals surface area contributed by atoms with Crippen LogP contribution in [0.5, 0.6) is 0 Å². The number of carbonyl (C=O) groups excluding carboxylic acids is 2. The van der Waals surface area contributed by atoms with Gasteiger partial charge in [0.25, 0.3) is 11.8 Å². The molecule has 1 fully saturated rings. The lowest BCUT2D eigenvalue weighted by Gasteiger charge is -2.23. The summed E-state index contributed by atoms with van der Waals surface area (Å²) >= 11 is 6.20. The van der Waals surface area contributed by atoms with Gasteiger partial charge < -0.3 is 0 Å². The Hall–Kier alpha value is -2.73. The number of aryl methyl sites for hydroxylation is 3. The van der Waals surface area contributed by atoms with Gasteiger partial charge in [0.15, 0.2) is 12.1 Å². The third-order valence-corrected chi connectivity index (χ3v) is 5.43. The lowest BCUT2D eigenvalue weighted by atomic mass is 9.99. The van der Waals surface area contributed by atoms with Crippen LogP contribution in [0.4, 0.5) is 5.69 Å². The maximum atomic E-state index is 13.1. The molecule has 7 heteroatoms. The van der Waals surface area contributed by atoms with Crippen LogP contribution in [-0.2, 0) is 16.1 Å². The van der Waals surface area contributed by atoms with Crippen molar-refractivity contribution in [1.82, 2.24) is 5.01 Å². The molecule has 0 aromatic heterocycles. The van der Waals surface area contributed by atoms with Crippen molar-refractivity contribution in [2.75, 3.05) is 4.90 Å². The van der Waals surface area contributed by atoms with Crippen LogP contribution in [0.3, 0.4) is 0 Å². The van der Waals surface area contributed by atoms with E-state index in [-0.39, 0.29) is 11.8 Å². The zero-order valence-electron chi connectivity index (χ0n) is 15.3. The number of hydrogen-bond acceptors (Lipinski definition) is 5. The molecule has 27 heavy (non-hydrogen) atoms. The molecule has 2 amide bonds. The van der Waals surface area contributed by atoms with Gasteiger partial charge in [0.1, 0.15) is 0 Å². The molecular weight excluding hydrogens is 364 g/mol. The maximum Gasteiger partial charge on any atom is 0.263 e. The molecule has 2 atom stereocenters. The van der Waals surface area contributed by atoms with Crippen molar-refractivity contribution in [3.63, 3.8) is 0 Å². The molecule has 0 bridgehead atoms. The summed E-state index contributed by atoms with van der Waals surface area (Å²) in [6.07, 6.45) is 0. The summed E-state index contributed by atoms with van der Waals surface area (Å²) in [4.78, 5) is 27.0. The van der Waals surface area contributed by atoms with Gasteiger partial charge in [0.2, 0.25) is 0 Å². The molecule has 138 valence electrons. The molecule has 2 aliphatic heterocycles. The molecule has 2 aromatic carbocycles. The van der Waals surface area contributed by atoms with Gasteiger partial charge in [-0.05, 0) is 49.6 Å². The number of benzene rings is 2. The van der Waals surface area contributed by atoms with E-state index in [1.165, 1.54) is 5.56 Å². The second kappa shape index (κ2) is 6.46. The minimum atomic E-state index is -0.820. The smallest absolute Gasteiger partial charge is 0.263 e. The van der Waals surface area contributed by atoms with Crippen LogP contribution in [0.15, 0.2) is 46.7 Å². The highest BCUT2D eigenvalue weighted by atomic mass is 35.5. The van der Waals surface area contributed by atoms with Crippen molar-refractivity contribution in [2.45, 2.75) is 39.4 Å². The van der Waals surface area contributed by atoms with E-state index in [0.717, 1.165) is 21.6 Å². The van der Waals surface area contributed by atoms with Crippen molar-refractivity contribution in [1.29, 1.82) is 0 Å². The quantitative estimate of drug-likeness (QED) is 0.759. The van der Waals surface area contributed by atoms with E-state index in [2.05, 4.69) is 29.4 Å². The first kappa shape index (κ1) is 17.7. The number of carbonyl (C=O) groups is 2. The first-order valence-electron chi connectivity index (χ1n) is 8.75. The molecule has 0 unspecified atom stereocenters. The maximum absolute atomic E-state index is 13.1. The number of fused-ring (bicyclic) bond motifs is 1. The Balaban J connectivity index is 1.65. The van der Waals surface area contributed by atoms with Crippen LogP contribution < -0.4 is 4.90 Å². The predicted octanol–water partition coefficient (Wildman–Crippen LogP) is 3.76. The second-order valence-corrected chi connectivity index (χ2v) is 7.44. The number of para-hydroxylation sites is 1. The summed E-state index contributed by atoms with van der Waals surface area (Å²) in [7, 11) is 0. The Morgan fingerprint density at radius 1 is 1.04 bits per heavy atom. The molecule has 0 radical (unpaired) electrons. The Bertz CT molecular complexity index is 965. The molecule has 6 nitrogen and oxygen atoms in total. The average molecular weight is 383 g/mol. The topological polar surface area (TPSA) is 65.3 Å². The van der Waals surface area contributed by atoms with E-state index in [1.54, 1.807) is 29.3 Å². The normalized spacial score (nSPS) is 21.3. The fourth-order valence-corrected chi connectivity index (χ4v) is 4.07. The Kier molecular flexibility index (Phi) is 4.23. The molecule has 0 spiro atoms. The number of imide groups is 1. The van der Waals surface area contributed by atoms with Gasteiger partial charge in [-0.1, -0.05) is 46.7 Å². The zero-order chi connectivity index (χ0) is 19.3.